The molecule has 2 aliphatic rings. The van der Waals surface area contributed by atoms with Crippen molar-refractivity contribution in [2.45, 2.75) is 52.0 Å². The summed E-state index contributed by atoms with van der Waals surface area (Å²) < 4.78 is 0. The molecule has 2 rings (SSSR count). The van der Waals surface area contributed by atoms with Crippen LogP contribution in [0.15, 0.2) is 0 Å². The van der Waals surface area contributed by atoms with Crippen molar-refractivity contribution in [1.29, 1.82) is 0 Å². The number of likely N-dealkylation sites (tertiary alicyclic amines) is 2. The van der Waals surface area contributed by atoms with Gasteiger partial charge in [0.15, 0.2) is 0 Å². The Morgan fingerprint density at radius 2 is 1.86 bits per heavy atom. The first-order chi connectivity index (χ1) is 9.93. The van der Waals surface area contributed by atoms with Crippen molar-refractivity contribution in [3.8, 4) is 0 Å². The number of carbonyl (C=O) groups is 2. The number of rotatable bonds is 5. The first-order valence-corrected chi connectivity index (χ1v) is 8.21. The van der Waals surface area contributed by atoms with Gasteiger partial charge in [0.2, 0.25) is 11.8 Å². The Labute approximate surface area is 131 Å². The van der Waals surface area contributed by atoms with Gasteiger partial charge in [-0.05, 0) is 25.7 Å². The van der Waals surface area contributed by atoms with Crippen LogP contribution in [-0.2, 0) is 9.59 Å². The van der Waals surface area contributed by atoms with Gasteiger partial charge < -0.3 is 5.73 Å². The lowest BCUT2D eigenvalue weighted by Gasteiger charge is -2.36. The molecule has 0 unspecified atom stereocenters. The van der Waals surface area contributed by atoms with Crippen LogP contribution in [0.5, 0.6) is 0 Å². The molecule has 0 aromatic heterocycles. The second-order valence-electron chi connectivity index (χ2n) is 6.21. The molecule has 21 heavy (non-hydrogen) atoms. The quantitative estimate of drug-likeness (QED) is 0.612. The Morgan fingerprint density at radius 1 is 1.29 bits per heavy atom. The third kappa shape index (κ3) is 3.11. The molecular weight excluding hydrogens is 286 g/mol. The monoisotopic (exact) mass is 311 g/mol. The van der Waals surface area contributed by atoms with Crippen LogP contribution in [0.2, 0.25) is 0 Å². The zero-order chi connectivity index (χ0) is 15.6. The maximum Gasteiger partial charge on any atom is 0.236 e. The van der Waals surface area contributed by atoms with Crippen molar-refractivity contribution in [2.24, 2.45) is 11.1 Å². The number of piperidine rings is 1. The molecule has 2 saturated heterocycles. The second kappa shape index (κ2) is 6.40. The average Bonchev–Trinajstić information content (AvgIpc) is 2.71. The molecule has 2 fully saturated rings. The van der Waals surface area contributed by atoms with Gasteiger partial charge in [0.05, 0.1) is 10.4 Å². The average molecular weight is 311 g/mol. The highest BCUT2D eigenvalue weighted by Crippen LogP contribution is 2.41. The fourth-order valence-corrected chi connectivity index (χ4v) is 3.73. The van der Waals surface area contributed by atoms with Gasteiger partial charge in [0, 0.05) is 32.1 Å². The van der Waals surface area contributed by atoms with Crippen molar-refractivity contribution in [1.82, 2.24) is 9.80 Å². The summed E-state index contributed by atoms with van der Waals surface area (Å²) in [5, 5.41) is 0. The standard InChI is InChI=1S/C15H25N3O2S/c1-3-15(4-2)9-13(19)18(14(15)20)11-5-7-17(8-6-11)10-12(16)21/h11H,3-10H2,1-2H3,(H2,16,21). The first-order valence-electron chi connectivity index (χ1n) is 7.80. The number of carbonyl (C=O) groups excluding carboxylic acids is 2. The molecule has 0 aliphatic carbocycles. The molecule has 0 aromatic rings. The van der Waals surface area contributed by atoms with E-state index in [1.807, 2.05) is 13.8 Å². The summed E-state index contributed by atoms with van der Waals surface area (Å²) in [6.45, 7) is 6.30. The summed E-state index contributed by atoms with van der Waals surface area (Å²) in [6, 6.07) is 0.0487. The molecule has 2 aliphatic heterocycles. The molecule has 2 amide bonds. The Balaban J connectivity index is 2.02. The van der Waals surface area contributed by atoms with Crippen molar-refractivity contribution >= 4 is 29.0 Å². The molecule has 0 aromatic carbocycles. The zero-order valence-electron chi connectivity index (χ0n) is 12.9. The molecule has 2 N–H and O–H groups in total. The predicted octanol–water partition coefficient (Wildman–Crippen LogP) is 1.30. The van der Waals surface area contributed by atoms with Crippen molar-refractivity contribution in [2.75, 3.05) is 19.6 Å². The van der Waals surface area contributed by atoms with Crippen LogP contribution in [0.4, 0.5) is 0 Å². The first kappa shape index (κ1) is 16.4. The molecule has 0 saturated carbocycles. The van der Waals surface area contributed by atoms with Gasteiger partial charge in [-0.3, -0.25) is 19.4 Å². The predicted molar refractivity (Wildman–Crippen MR) is 85.7 cm³/mol. The topological polar surface area (TPSA) is 66.6 Å². The third-order valence-electron chi connectivity index (χ3n) is 5.09. The van der Waals surface area contributed by atoms with E-state index >= 15 is 0 Å². The van der Waals surface area contributed by atoms with Crippen LogP contribution >= 0.6 is 12.2 Å². The van der Waals surface area contributed by atoms with Crippen LogP contribution in [0.1, 0.15) is 46.0 Å². The van der Waals surface area contributed by atoms with Crippen LogP contribution in [-0.4, -0.2) is 52.3 Å². The fourth-order valence-electron chi connectivity index (χ4n) is 3.55. The molecule has 0 bridgehead atoms. The number of hydrogen-bond donors (Lipinski definition) is 1. The minimum absolute atomic E-state index is 0.0106. The summed E-state index contributed by atoms with van der Waals surface area (Å²) in [7, 11) is 0. The Kier molecular flexibility index (Phi) is 4.99. The lowest BCUT2D eigenvalue weighted by Crippen LogP contribution is -2.49. The van der Waals surface area contributed by atoms with Gasteiger partial charge in [0.1, 0.15) is 0 Å². The van der Waals surface area contributed by atoms with Crippen molar-refractivity contribution < 1.29 is 9.59 Å². The normalized spacial score (nSPS) is 23.8. The largest absolute Gasteiger partial charge is 0.392 e. The highest BCUT2D eigenvalue weighted by Gasteiger charge is 2.51. The minimum Gasteiger partial charge on any atom is -0.392 e. The molecule has 6 heteroatoms. The van der Waals surface area contributed by atoms with Crippen LogP contribution in [0.3, 0.4) is 0 Å². The van der Waals surface area contributed by atoms with E-state index in [1.165, 1.54) is 0 Å². The fraction of sp³-hybridized carbons (Fsp3) is 0.800. The van der Waals surface area contributed by atoms with E-state index in [4.69, 9.17) is 18.0 Å². The van der Waals surface area contributed by atoms with Crippen LogP contribution in [0.25, 0.3) is 0 Å². The SMILES string of the molecule is CCC1(CC)CC(=O)N(C2CCN(CC(N)=S)CC2)C1=O. The van der Waals surface area contributed by atoms with E-state index < -0.39 is 5.41 Å². The Hall–Kier alpha value is -1.01. The number of hydrogen-bond acceptors (Lipinski definition) is 4. The molecule has 2 heterocycles. The maximum absolute atomic E-state index is 12.7. The van der Waals surface area contributed by atoms with Gasteiger partial charge in [-0.25, -0.2) is 0 Å². The summed E-state index contributed by atoms with van der Waals surface area (Å²) in [4.78, 5) is 29.3. The van der Waals surface area contributed by atoms with Crippen LogP contribution in [0, 0.1) is 5.41 Å². The number of thiocarbonyl (C=S) groups is 1. The van der Waals surface area contributed by atoms with Gasteiger partial charge in [0.25, 0.3) is 0 Å². The highest BCUT2D eigenvalue weighted by atomic mass is 32.1. The van der Waals surface area contributed by atoms with Gasteiger partial charge in [-0.15, -0.1) is 0 Å². The van der Waals surface area contributed by atoms with Gasteiger partial charge in [-0.2, -0.15) is 0 Å². The molecule has 0 spiro atoms. The van der Waals surface area contributed by atoms with Crippen molar-refractivity contribution in [3.05, 3.63) is 0 Å². The summed E-state index contributed by atoms with van der Waals surface area (Å²) in [6.07, 6.45) is 3.51. The number of nitrogens with two attached hydrogens (primary N) is 1. The molecular formula is C15H25N3O2S. The molecule has 5 nitrogen and oxygen atoms in total. The number of imide groups is 1. The van der Waals surface area contributed by atoms with E-state index in [0.717, 1.165) is 38.8 Å². The molecule has 0 atom stereocenters. The Morgan fingerprint density at radius 3 is 2.29 bits per heavy atom. The minimum atomic E-state index is -0.451. The lowest BCUT2D eigenvalue weighted by molar-refractivity contribution is -0.145. The Bertz CT molecular complexity index is 440. The summed E-state index contributed by atoms with van der Waals surface area (Å²) >= 11 is 4.93. The second-order valence-corrected chi connectivity index (χ2v) is 6.73. The zero-order valence-corrected chi connectivity index (χ0v) is 13.7. The van der Waals surface area contributed by atoms with Gasteiger partial charge >= 0.3 is 0 Å². The van der Waals surface area contributed by atoms with E-state index in [9.17, 15) is 9.59 Å². The van der Waals surface area contributed by atoms with Gasteiger partial charge in [-0.1, -0.05) is 26.1 Å². The number of amides is 2. The smallest absolute Gasteiger partial charge is 0.236 e. The molecule has 118 valence electrons. The van der Waals surface area contributed by atoms with E-state index in [-0.39, 0.29) is 17.9 Å². The lowest BCUT2D eigenvalue weighted by atomic mass is 9.81. The maximum atomic E-state index is 12.7. The van der Waals surface area contributed by atoms with E-state index in [2.05, 4.69) is 4.90 Å². The highest BCUT2D eigenvalue weighted by molar-refractivity contribution is 7.80. The summed E-state index contributed by atoms with van der Waals surface area (Å²) in [5.41, 5.74) is 5.12. The number of nitrogens with zero attached hydrogens (tertiary/aromatic N) is 2. The van der Waals surface area contributed by atoms with E-state index in [1.54, 1.807) is 4.90 Å². The van der Waals surface area contributed by atoms with Crippen molar-refractivity contribution in [3.63, 3.8) is 0 Å². The van der Waals surface area contributed by atoms with E-state index in [0.29, 0.717) is 18.0 Å². The van der Waals surface area contributed by atoms with Crippen LogP contribution < -0.4 is 5.73 Å². The molecule has 0 radical (unpaired) electrons. The summed E-state index contributed by atoms with van der Waals surface area (Å²) in [5.74, 6) is 0.0572. The third-order valence-corrected chi connectivity index (χ3v) is 5.22.